The summed E-state index contributed by atoms with van der Waals surface area (Å²) in [6.07, 6.45) is 0.609. The Labute approximate surface area is 123 Å². The molecule has 0 saturated heterocycles. The Morgan fingerprint density at radius 3 is 2.52 bits per heavy atom. The van der Waals surface area contributed by atoms with Crippen molar-refractivity contribution in [3.8, 4) is 0 Å². The summed E-state index contributed by atoms with van der Waals surface area (Å²) in [7, 11) is 0. The van der Waals surface area contributed by atoms with E-state index in [9.17, 15) is 9.18 Å². The Bertz CT molecular complexity index is 652. The van der Waals surface area contributed by atoms with Crippen LogP contribution in [-0.4, -0.2) is 24.2 Å². The van der Waals surface area contributed by atoms with E-state index in [1.165, 1.54) is 12.1 Å². The second-order valence-electron chi connectivity index (χ2n) is 5.96. The molecule has 21 heavy (non-hydrogen) atoms. The summed E-state index contributed by atoms with van der Waals surface area (Å²) >= 11 is 0. The average molecular weight is 289 g/mol. The third-order valence-electron chi connectivity index (χ3n) is 3.63. The number of aliphatic hydroxyl groups excluding tert-OH is 1. The van der Waals surface area contributed by atoms with Crippen molar-refractivity contribution in [1.82, 2.24) is 5.32 Å². The first-order chi connectivity index (χ1) is 9.94. The number of fused-ring (bicyclic) bond motifs is 1. The molecule has 4 heteroatoms. The highest BCUT2D eigenvalue weighted by atomic mass is 19.1. The van der Waals surface area contributed by atoms with Gasteiger partial charge in [0, 0.05) is 24.1 Å². The number of carbonyl (C=O) groups excluding carboxylic acids is 1. The van der Waals surface area contributed by atoms with Gasteiger partial charge in [-0.05, 0) is 29.4 Å². The zero-order valence-electron chi connectivity index (χ0n) is 12.3. The van der Waals surface area contributed by atoms with E-state index in [0.29, 0.717) is 29.3 Å². The summed E-state index contributed by atoms with van der Waals surface area (Å²) in [6.45, 7) is 4.50. The average Bonchev–Trinajstić information content (AvgIpc) is 2.46. The van der Waals surface area contributed by atoms with Crippen LogP contribution in [0.1, 0.15) is 30.6 Å². The molecule has 0 unspecified atom stereocenters. The first kappa shape index (κ1) is 15.4. The molecule has 0 bridgehead atoms. The van der Waals surface area contributed by atoms with Gasteiger partial charge in [-0.25, -0.2) is 4.39 Å². The van der Waals surface area contributed by atoms with E-state index in [1.807, 2.05) is 13.8 Å². The lowest BCUT2D eigenvalue weighted by Crippen LogP contribution is -2.34. The third kappa shape index (κ3) is 3.58. The van der Waals surface area contributed by atoms with E-state index in [0.717, 1.165) is 0 Å². The van der Waals surface area contributed by atoms with Crippen LogP contribution in [0.5, 0.6) is 0 Å². The number of halogens is 1. The minimum absolute atomic E-state index is 0.0857. The summed E-state index contributed by atoms with van der Waals surface area (Å²) in [5.74, 6) is -0.556. The van der Waals surface area contributed by atoms with Crippen molar-refractivity contribution in [1.29, 1.82) is 0 Å². The molecule has 0 heterocycles. The number of hydrogen-bond donors (Lipinski definition) is 2. The Kier molecular flexibility index (Phi) is 4.58. The van der Waals surface area contributed by atoms with Gasteiger partial charge in [0.05, 0.1) is 0 Å². The van der Waals surface area contributed by atoms with Crippen molar-refractivity contribution in [2.75, 3.05) is 13.2 Å². The topological polar surface area (TPSA) is 49.3 Å². The van der Waals surface area contributed by atoms with E-state index < -0.39 is 0 Å². The number of amides is 1. The number of nitrogens with one attached hydrogen (secondary N) is 1. The highest BCUT2D eigenvalue weighted by molar-refractivity contribution is 6.07. The molecule has 2 rings (SSSR count). The molecule has 0 fully saturated rings. The molecular weight excluding hydrogens is 269 g/mol. The molecule has 0 atom stereocenters. The standard InChI is InChI=1S/C17H20FNO2/c1-17(2,9-10-20)11-19-16(21)14-7-8-15(18)13-6-4-3-5-12(13)14/h3-8,20H,9-11H2,1-2H3,(H,19,21). The van der Waals surface area contributed by atoms with Gasteiger partial charge in [0.1, 0.15) is 5.82 Å². The minimum Gasteiger partial charge on any atom is -0.396 e. The maximum absolute atomic E-state index is 13.7. The van der Waals surface area contributed by atoms with Crippen LogP contribution in [0, 0.1) is 11.2 Å². The first-order valence-corrected chi connectivity index (χ1v) is 7.01. The fraction of sp³-hybridized carbons (Fsp3) is 0.353. The molecule has 1 amide bonds. The molecule has 0 radical (unpaired) electrons. The Hall–Kier alpha value is -1.94. The lowest BCUT2D eigenvalue weighted by Gasteiger charge is -2.24. The Balaban J connectivity index is 2.23. The van der Waals surface area contributed by atoms with E-state index in [4.69, 9.17) is 5.11 Å². The smallest absolute Gasteiger partial charge is 0.251 e. The number of rotatable bonds is 5. The molecule has 0 aliphatic carbocycles. The Morgan fingerprint density at radius 2 is 1.86 bits per heavy atom. The summed E-state index contributed by atoms with van der Waals surface area (Å²) in [6, 6.07) is 9.76. The van der Waals surface area contributed by atoms with Crippen molar-refractivity contribution in [3.63, 3.8) is 0 Å². The largest absolute Gasteiger partial charge is 0.396 e. The van der Waals surface area contributed by atoms with Gasteiger partial charge in [0.15, 0.2) is 0 Å². The van der Waals surface area contributed by atoms with Gasteiger partial charge in [0.25, 0.3) is 5.91 Å². The molecule has 0 aliphatic rings. The van der Waals surface area contributed by atoms with Crippen LogP contribution in [0.4, 0.5) is 4.39 Å². The van der Waals surface area contributed by atoms with Crippen molar-refractivity contribution < 1.29 is 14.3 Å². The fourth-order valence-corrected chi connectivity index (χ4v) is 2.27. The molecule has 0 aliphatic heterocycles. The molecule has 3 nitrogen and oxygen atoms in total. The lowest BCUT2D eigenvalue weighted by atomic mass is 9.89. The maximum Gasteiger partial charge on any atom is 0.251 e. The summed E-state index contributed by atoms with van der Waals surface area (Å²) < 4.78 is 13.7. The van der Waals surface area contributed by atoms with Crippen LogP contribution in [0.25, 0.3) is 10.8 Å². The van der Waals surface area contributed by atoms with Crippen LogP contribution in [0.2, 0.25) is 0 Å². The van der Waals surface area contributed by atoms with Crippen molar-refractivity contribution >= 4 is 16.7 Å². The van der Waals surface area contributed by atoms with Crippen LogP contribution >= 0.6 is 0 Å². The summed E-state index contributed by atoms with van der Waals surface area (Å²) in [4.78, 5) is 12.3. The van der Waals surface area contributed by atoms with E-state index in [-0.39, 0.29) is 23.7 Å². The number of carbonyl (C=O) groups is 1. The van der Waals surface area contributed by atoms with Crippen LogP contribution in [0.15, 0.2) is 36.4 Å². The molecule has 0 aromatic heterocycles. The third-order valence-corrected chi connectivity index (χ3v) is 3.63. The highest BCUT2D eigenvalue weighted by Gasteiger charge is 2.19. The van der Waals surface area contributed by atoms with Crippen molar-refractivity contribution in [2.24, 2.45) is 5.41 Å². The quantitative estimate of drug-likeness (QED) is 0.888. The molecular formula is C17H20FNO2. The molecule has 2 N–H and O–H groups in total. The van der Waals surface area contributed by atoms with Gasteiger partial charge in [0.2, 0.25) is 0 Å². The zero-order valence-corrected chi connectivity index (χ0v) is 12.3. The number of benzene rings is 2. The molecule has 2 aromatic rings. The van der Waals surface area contributed by atoms with Crippen molar-refractivity contribution in [3.05, 3.63) is 47.8 Å². The van der Waals surface area contributed by atoms with Crippen LogP contribution < -0.4 is 5.32 Å². The molecule has 0 spiro atoms. The van der Waals surface area contributed by atoms with Gasteiger partial charge < -0.3 is 10.4 Å². The number of aliphatic hydroxyl groups is 1. The fourth-order valence-electron chi connectivity index (χ4n) is 2.27. The second-order valence-corrected chi connectivity index (χ2v) is 5.96. The number of hydrogen-bond acceptors (Lipinski definition) is 2. The molecule has 0 saturated carbocycles. The second kappa shape index (κ2) is 6.22. The maximum atomic E-state index is 13.7. The highest BCUT2D eigenvalue weighted by Crippen LogP contribution is 2.23. The van der Waals surface area contributed by atoms with Gasteiger partial charge in [-0.2, -0.15) is 0 Å². The predicted octanol–water partition coefficient (Wildman–Crippen LogP) is 3.12. The monoisotopic (exact) mass is 289 g/mol. The lowest BCUT2D eigenvalue weighted by molar-refractivity contribution is 0.0930. The van der Waals surface area contributed by atoms with Crippen molar-refractivity contribution in [2.45, 2.75) is 20.3 Å². The van der Waals surface area contributed by atoms with E-state index >= 15 is 0 Å². The zero-order chi connectivity index (χ0) is 15.5. The van der Waals surface area contributed by atoms with Crippen LogP contribution in [0.3, 0.4) is 0 Å². The minimum atomic E-state index is -0.331. The summed E-state index contributed by atoms with van der Waals surface area (Å²) in [5.41, 5.74) is 0.284. The van der Waals surface area contributed by atoms with Crippen LogP contribution in [-0.2, 0) is 0 Å². The normalized spacial score (nSPS) is 11.6. The SMILES string of the molecule is CC(C)(CCO)CNC(=O)c1ccc(F)c2ccccc12. The van der Waals surface area contributed by atoms with Gasteiger partial charge in [-0.3, -0.25) is 4.79 Å². The Morgan fingerprint density at radius 1 is 1.19 bits per heavy atom. The van der Waals surface area contributed by atoms with Gasteiger partial charge in [-0.1, -0.05) is 38.1 Å². The first-order valence-electron chi connectivity index (χ1n) is 7.01. The van der Waals surface area contributed by atoms with E-state index in [2.05, 4.69) is 5.32 Å². The summed E-state index contributed by atoms with van der Waals surface area (Å²) in [5, 5.41) is 12.9. The van der Waals surface area contributed by atoms with Gasteiger partial charge >= 0.3 is 0 Å². The predicted molar refractivity (Wildman–Crippen MR) is 81.7 cm³/mol. The molecule has 2 aromatic carbocycles. The van der Waals surface area contributed by atoms with Gasteiger partial charge in [-0.15, -0.1) is 0 Å². The van der Waals surface area contributed by atoms with E-state index in [1.54, 1.807) is 24.3 Å². The molecule has 112 valence electrons.